The van der Waals surface area contributed by atoms with Gasteiger partial charge in [0.25, 0.3) is 0 Å². The monoisotopic (exact) mass is 388 g/mol. The number of aliphatic hydroxyl groups excluding tert-OH is 2. The maximum absolute atomic E-state index is 14.3. The van der Waals surface area contributed by atoms with Crippen molar-refractivity contribution >= 4 is 11.6 Å². The number of carbonyl (C=O) groups is 1. The van der Waals surface area contributed by atoms with Crippen LogP contribution in [0.1, 0.15) is 17.2 Å². The Morgan fingerprint density at radius 2 is 1.96 bits per heavy atom. The Kier molecular flexibility index (Phi) is 6.06. The van der Waals surface area contributed by atoms with Crippen molar-refractivity contribution in [3.63, 3.8) is 0 Å². The Balaban J connectivity index is 1.94. The van der Waals surface area contributed by atoms with Crippen molar-refractivity contribution in [1.82, 2.24) is 9.80 Å². The van der Waals surface area contributed by atoms with Gasteiger partial charge in [-0.3, -0.25) is 0 Å². The number of urea groups is 1. The average molecular weight is 388 g/mol. The van der Waals surface area contributed by atoms with Crippen LogP contribution in [-0.4, -0.2) is 58.9 Å². The third kappa shape index (κ3) is 4.21. The lowest BCUT2D eigenvalue weighted by Gasteiger charge is -2.30. The molecule has 0 saturated carbocycles. The highest BCUT2D eigenvalue weighted by Gasteiger charge is 2.33. The van der Waals surface area contributed by atoms with Crippen molar-refractivity contribution in [1.29, 1.82) is 0 Å². The fourth-order valence-corrected chi connectivity index (χ4v) is 3.32. The van der Waals surface area contributed by atoms with Gasteiger partial charge in [-0.15, -0.1) is 0 Å². The third-order valence-corrected chi connectivity index (χ3v) is 4.72. The first kappa shape index (κ1) is 20.0. The largest absolute Gasteiger partial charge is 0.394 e. The van der Waals surface area contributed by atoms with Crippen LogP contribution in [0.2, 0.25) is 0 Å². The van der Waals surface area contributed by atoms with Crippen molar-refractivity contribution in [3.05, 3.63) is 77.4 Å². The molecule has 0 saturated heterocycles. The van der Waals surface area contributed by atoms with Crippen molar-refractivity contribution in [3.8, 4) is 0 Å². The van der Waals surface area contributed by atoms with Gasteiger partial charge in [0.2, 0.25) is 0 Å². The van der Waals surface area contributed by atoms with Crippen LogP contribution in [0, 0.1) is 11.6 Å². The molecule has 3 rings (SSSR count). The molecule has 2 N–H and O–H groups in total. The number of aliphatic hydroxyl groups is 2. The molecular weight excluding hydrogens is 366 g/mol. The molecule has 0 aliphatic carbocycles. The lowest BCUT2D eigenvalue weighted by Crippen LogP contribution is -2.44. The van der Waals surface area contributed by atoms with Crippen LogP contribution in [0.15, 0.2) is 54.6 Å². The van der Waals surface area contributed by atoms with Crippen LogP contribution in [0.5, 0.6) is 0 Å². The number of hydrogen-bond donors (Lipinski definition) is 2. The lowest BCUT2D eigenvalue weighted by atomic mass is 10.0. The van der Waals surface area contributed by atoms with Crippen LogP contribution in [-0.2, 0) is 0 Å². The van der Waals surface area contributed by atoms with Gasteiger partial charge in [0.1, 0.15) is 11.6 Å². The minimum atomic E-state index is -1.06. The van der Waals surface area contributed by atoms with Gasteiger partial charge in [-0.2, -0.15) is 0 Å². The summed E-state index contributed by atoms with van der Waals surface area (Å²) in [6.07, 6.45) is 0.696. The first-order valence-electron chi connectivity index (χ1n) is 8.92. The van der Waals surface area contributed by atoms with E-state index in [-0.39, 0.29) is 24.7 Å². The van der Waals surface area contributed by atoms with Crippen molar-refractivity contribution < 1.29 is 23.8 Å². The van der Waals surface area contributed by atoms with Crippen molar-refractivity contribution in [2.75, 3.05) is 26.7 Å². The van der Waals surface area contributed by atoms with E-state index in [4.69, 9.17) is 5.11 Å². The second kappa shape index (κ2) is 8.50. The normalized spacial score (nSPS) is 17.4. The Morgan fingerprint density at radius 1 is 1.25 bits per heavy atom. The Hall–Kier alpha value is -2.77. The Labute approximate surface area is 162 Å². The summed E-state index contributed by atoms with van der Waals surface area (Å²) in [6, 6.07) is 11.6. The van der Waals surface area contributed by atoms with E-state index >= 15 is 0 Å². The minimum absolute atomic E-state index is 0.0446. The van der Waals surface area contributed by atoms with E-state index in [1.807, 2.05) is 30.3 Å². The van der Waals surface area contributed by atoms with Gasteiger partial charge in [-0.25, -0.2) is 13.6 Å². The summed E-state index contributed by atoms with van der Waals surface area (Å²) in [5.41, 5.74) is 1.46. The van der Waals surface area contributed by atoms with E-state index in [1.165, 1.54) is 16.8 Å². The summed E-state index contributed by atoms with van der Waals surface area (Å²) in [7, 11) is 1.52. The SMILES string of the molecule is CN(CC(O)CO)C(=O)N1CC(c2cc(F)ccc2F)=CC1c1ccccc1. The minimum Gasteiger partial charge on any atom is -0.394 e. The topological polar surface area (TPSA) is 64.0 Å². The Morgan fingerprint density at radius 3 is 2.64 bits per heavy atom. The summed E-state index contributed by atoms with van der Waals surface area (Å²) in [6.45, 7) is -0.410. The highest BCUT2D eigenvalue weighted by atomic mass is 19.1. The fraction of sp³-hybridized carbons (Fsp3) is 0.286. The molecular formula is C21H22F2N2O3. The van der Waals surface area contributed by atoms with Crippen LogP contribution in [0.4, 0.5) is 13.6 Å². The number of halogens is 2. The zero-order chi connectivity index (χ0) is 20.3. The predicted molar refractivity (Wildman–Crippen MR) is 101 cm³/mol. The molecule has 0 aromatic heterocycles. The molecule has 1 aliphatic heterocycles. The van der Waals surface area contributed by atoms with Gasteiger partial charge in [0.15, 0.2) is 0 Å². The van der Waals surface area contributed by atoms with Gasteiger partial charge < -0.3 is 20.0 Å². The molecule has 7 heteroatoms. The maximum atomic E-state index is 14.3. The zero-order valence-corrected chi connectivity index (χ0v) is 15.4. The van der Waals surface area contributed by atoms with Crippen LogP contribution < -0.4 is 0 Å². The quantitative estimate of drug-likeness (QED) is 0.828. The fourth-order valence-electron chi connectivity index (χ4n) is 3.32. The summed E-state index contributed by atoms with van der Waals surface area (Å²) >= 11 is 0. The number of carbonyl (C=O) groups excluding carboxylic acids is 1. The molecule has 5 nitrogen and oxygen atoms in total. The molecule has 0 fully saturated rings. The summed E-state index contributed by atoms with van der Waals surface area (Å²) in [4.78, 5) is 15.8. The van der Waals surface area contributed by atoms with E-state index in [9.17, 15) is 18.7 Å². The molecule has 1 aliphatic rings. The number of nitrogens with zero attached hydrogens (tertiary/aromatic N) is 2. The Bertz CT molecular complexity index is 873. The van der Waals surface area contributed by atoms with E-state index in [2.05, 4.69) is 0 Å². The van der Waals surface area contributed by atoms with Crippen molar-refractivity contribution in [2.45, 2.75) is 12.1 Å². The summed E-state index contributed by atoms with van der Waals surface area (Å²) < 4.78 is 27.9. The molecule has 0 radical (unpaired) electrons. The standard InChI is InChI=1S/C21H22F2N2O3/c1-24(12-17(27)13-26)21(28)25-11-15(18-10-16(22)7-8-19(18)23)9-20(25)14-5-3-2-4-6-14/h2-10,17,20,26-27H,11-13H2,1H3. The molecule has 1 heterocycles. The van der Waals surface area contributed by atoms with Gasteiger partial charge in [0.05, 0.1) is 25.3 Å². The molecule has 0 spiro atoms. The average Bonchev–Trinajstić information content (AvgIpc) is 3.14. The molecule has 2 amide bonds. The molecule has 2 unspecified atom stereocenters. The van der Waals surface area contributed by atoms with Gasteiger partial charge >= 0.3 is 6.03 Å². The first-order chi connectivity index (χ1) is 13.4. The van der Waals surface area contributed by atoms with Crippen molar-refractivity contribution in [2.24, 2.45) is 0 Å². The maximum Gasteiger partial charge on any atom is 0.320 e. The number of benzene rings is 2. The van der Waals surface area contributed by atoms with Gasteiger partial charge in [-0.05, 0) is 29.3 Å². The summed E-state index contributed by atoms with van der Waals surface area (Å²) in [5.74, 6) is -1.11. The highest BCUT2D eigenvalue weighted by Crippen LogP contribution is 2.36. The number of hydrogen-bond acceptors (Lipinski definition) is 3. The number of amides is 2. The molecule has 0 bridgehead atoms. The zero-order valence-electron chi connectivity index (χ0n) is 15.4. The van der Waals surface area contributed by atoms with E-state index < -0.39 is 30.4 Å². The third-order valence-electron chi connectivity index (χ3n) is 4.72. The summed E-state index contributed by atoms with van der Waals surface area (Å²) in [5, 5.41) is 18.7. The van der Waals surface area contributed by atoms with Gasteiger partial charge in [0, 0.05) is 19.2 Å². The second-order valence-corrected chi connectivity index (χ2v) is 6.80. The molecule has 28 heavy (non-hydrogen) atoms. The highest BCUT2D eigenvalue weighted by molar-refractivity contribution is 5.82. The van der Waals surface area contributed by atoms with E-state index in [0.29, 0.717) is 5.57 Å². The number of rotatable bonds is 5. The lowest BCUT2D eigenvalue weighted by molar-refractivity contribution is 0.0670. The van der Waals surface area contributed by atoms with Crippen LogP contribution in [0.25, 0.3) is 5.57 Å². The van der Waals surface area contributed by atoms with Crippen LogP contribution in [0.3, 0.4) is 0 Å². The van der Waals surface area contributed by atoms with Gasteiger partial charge in [-0.1, -0.05) is 36.4 Å². The first-order valence-corrected chi connectivity index (χ1v) is 8.92. The number of likely N-dealkylation sites (N-methyl/N-ethyl adjacent to an activating group) is 1. The van der Waals surface area contributed by atoms with Crippen LogP contribution >= 0.6 is 0 Å². The molecule has 2 aromatic rings. The smallest absolute Gasteiger partial charge is 0.320 e. The molecule has 148 valence electrons. The second-order valence-electron chi connectivity index (χ2n) is 6.80. The predicted octanol–water partition coefficient (Wildman–Crippen LogP) is 2.81. The van der Waals surface area contributed by atoms with E-state index in [1.54, 1.807) is 6.08 Å². The van der Waals surface area contributed by atoms with E-state index in [0.717, 1.165) is 23.8 Å². The molecule has 2 atom stereocenters. The molecule has 2 aromatic carbocycles.